The molecule has 7 heteroatoms. The summed E-state index contributed by atoms with van der Waals surface area (Å²) in [5.41, 5.74) is 0.497. The number of aliphatic hydroxyl groups excluding tert-OH is 1. The summed E-state index contributed by atoms with van der Waals surface area (Å²) >= 11 is 5.90. The van der Waals surface area contributed by atoms with Gasteiger partial charge in [-0.05, 0) is 31.2 Å². The van der Waals surface area contributed by atoms with Crippen molar-refractivity contribution in [3.63, 3.8) is 0 Å². The maximum Gasteiger partial charge on any atom is 0.319 e. The van der Waals surface area contributed by atoms with E-state index in [2.05, 4.69) is 10.6 Å². The highest BCUT2D eigenvalue weighted by Crippen LogP contribution is 2.28. The van der Waals surface area contributed by atoms with Crippen LogP contribution >= 0.6 is 11.6 Å². The highest BCUT2D eigenvalue weighted by Gasteiger charge is 2.13. The first-order chi connectivity index (χ1) is 10.6. The molecule has 3 N–H and O–H groups in total. The van der Waals surface area contributed by atoms with Crippen molar-refractivity contribution < 1.29 is 19.1 Å². The van der Waals surface area contributed by atoms with Crippen LogP contribution in [0.1, 0.15) is 18.8 Å². The minimum atomic E-state index is -0.905. The SMILES string of the molecule is CCOc1cc(Cl)ccc1NC(=O)NCC(O)c1ccco1. The van der Waals surface area contributed by atoms with Crippen LogP contribution in [0, 0.1) is 0 Å². The number of anilines is 1. The lowest BCUT2D eigenvalue weighted by atomic mass is 10.2. The van der Waals surface area contributed by atoms with Crippen molar-refractivity contribution in [2.75, 3.05) is 18.5 Å². The molecule has 2 amide bonds. The van der Waals surface area contributed by atoms with Gasteiger partial charge in [-0.15, -0.1) is 0 Å². The molecule has 0 radical (unpaired) electrons. The van der Waals surface area contributed by atoms with Crippen LogP contribution in [0.2, 0.25) is 5.02 Å². The molecule has 0 saturated heterocycles. The number of hydrogen-bond acceptors (Lipinski definition) is 4. The summed E-state index contributed by atoms with van der Waals surface area (Å²) in [6, 6.07) is 7.76. The van der Waals surface area contributed by atoms with Crippen LogP contribution in [0.4, 0.5) is 10.5 Å². The summed E-state index contributed by atoms with van der Waals surface area (Å²) in [7, 11) is 0. The molecule has 1 heterocycles. The van der Waals surface area contributed by atoms with Gasteiger partial charge in [0.1, 0.15) is 17.6 Å². The predicted octanol–water partition coefficient (Wildman–Crippen LogP) is 3.19. The number of halogens is 1. The molecular formula is C15H17ClN2O4. The summed E-state index contributed by atoms with van der Waals surface area (Å²) < 4.78 is 10.5. The summed E-state index contributed by atoms with van der Waals surface area (Å²) in [4.78, 5) is 11.9. The number of ether oxygens (including phenoxy) is 1. The molecule has 1 unspecified atom stereocenters. The van der Waals surface area contributed by atoms with Crippen molar-refractivity contribution in [1.82, 2.24) is 5.32 Å². The fourth-order valence-corrected chi connectivity index (χ4v) is 1.97. The topological polar surface area (TPSA) is 83.7 Å². The van der Waals surface area contributed by atoms with Crippen LogP contribution in [0.25, 0.3) is 0 Å². The van der Waals surface area contributed by atoms with E-state index < -0.39 is 12.1 Å². The van der Waals surface area contributed by atoms with Crippen LogP contribution in [0.3, 0.4) is 0 Å². The highest BCUT2D eigenvalue weighted by molar-refractivity contribution is 6.30. The number of aliphatic hydroxyl groups is 1. The van der Waals surface area contributed by atoms with Gasteiger partial charge in [0.25, 0.3) is 0 Å². The van der Waals surface area contributed by atoms with Crippen molar-refractivity contribution in [2.45, 2.75) is 13.0 Å². The fraction of sp³-hybridized carbons (Fsp3) is 0.267. The van der Waals surface area contributed by atoms with Crippen molar-refractivity contribution in [3.8, 4) is 5.75 Å². The number of benzene rings is 1. The van der Waals surface area contributed by atoms with Gasteiger partial charge in [-0.25, -0.2) is 4.79 Å². The van der Waals surface area contributed by atoms with E-state index >= 15 is 0 Å². The van der Waals surface area contributed by atoms with E-state index in [1.807, 2.05) is 6.92 Å². The lowest BCUT2D eigenvalue weighted by molar-refractivity contribution is 0.149. The number of carbonyl (C=O) groups excluding carboxylic acids is 1. The molecule has 0 spiro atoms. The summed E-state index contributed by atoms with van der Waals surface area (Å²) in [5.74, 6) is 0.874. The zero-order chi connectivity index (χ0) is 15.9. The van der Waals surface area contributed by atoms with Crippen molar-refractivity contribution >= 4 is 23.3 Å². The van der Waals surface area contributed by atoms with Gasteiger partial charge in [0.2, 0.25) is 0 Å². The first-order valence-corrected chi connectivity index (χ1v) is 7.16. The number of rotatable bonds is 6. The summed E-state index contributed by atoms with van der Waals surface area (Å²) in [6.45, 7) is 2.31. The molecule has 0 aliphatic carbocycles. The molecule has 0 saturated carbocycles. The molecule has 118 valence electrons. The second-order valence-corrected chi connectivity index (χ2v) is 4.88. The Kier molecular flexibility index (Phi) is 5.68. The molecule has 6 nitrogen and oxygen atoms in total. The molecule has 2 aromatic rings. The van der Waals surface area contributed by atoms with E-state index in [4.69, 9.17) is 20.8 Å². The monoisotopic (exact) mass is 324 g/mol. The van der Waals surface area contributed by atoms with Gasteiger partial charge in [-0.3, -0.25) is 0 Å². The number of hydrogen-bond donors (Lipinski definition) is 3. The van der Waals surface area contributed by atoms with Crippen molar-refractivity contribution in [1.29, 1.82) is 0 Å². The van der Waals surface area contributed by atoms with E-state index in [-0.39, 0.29) is 6.54 Å². The molecular weight excluding hydrogens is 308 g/mol. The zero-order valence-electron chi connectivity index (χ0n) is 12.0. The van der Waals surface area contributed by atoms with E-state index in [1.165, 1.54) is 6.26 Å². The normalized spacial score (nSPS) is 11.8. The van der Waals surface area contributed by atoms with Crippen LogP contribution in [0.5, 0.6) is 5.75 Å². The number of furan rings is 1. The van der Waals surface area contributed by atoms with Gasteiger partial charge in [-0.2, -0.15) is 0 Å². The molecule has 1 atom stereocenters. The lowest BCUT2D eigenvalue weighted by Gasteiger charge is -2.14. The third-order valence-electron chi connectivity index (χ3n) is 2.82. The number of carbonyl (C=O) groups is 1. The van der Waals surface area contributed by atoms with Gasteiger partial charge in [-0.1, -0.05) is 11.6 Å². The quantitative estimate of drug-likeness (QED) is 0.762. The minimum absolute atomic E-state index is 0.0247. The Morgan fingerprint density at radius 2 is 2.27 bits per heavy atom. The second kappa shape index (κ2) is 7.72. The van der Waals surface area contributed by atoms with Crippen LogP contribution in [0.15, 0.2) is 41.0 Å². The molecule has 1 aromatic carbocycles. The maximum atomic E-state index is 11.9. The van der Waals surface area contributed by atoms with Gasteiger partial charge in [0, 0.05) is 11.1 Å². The molecule has 0 aliphatic rings. The van der Waals surface area contributed by atoms with Crippen LogP contribution in [-0.2, 0) is 0 Å². The Labute approximate surface area is 133 Å². The smallest absolute Gasteiger partial charge is 0.319 e. The minimum Gasteiger partial charge on any atom is -0.492 e. The maximum absolute atomic E-state index is 11.9. The van der Waals surface area contributed by atoms with Gasteiger partial charge >= 0.3 is 6.03 Å². The van der Waals surface area contributed by atoms with Crippen molar-refractivity contribution in [2.24, 2.45) is 0 Å². The average molecular weight is 325 g/mol. The van der Waals surface area contributed by atoms with Crippen LogP contribution in [-0.4, -0.2) is 24.3 Å². The van der Waals surface area contributed by atoms with Gasteiger partial charge < -0.3 is 24.9 Å². The van der Waals surface area contributed by atoms with Gasteiger partial charge in [0.05, 0.1) is 25.1 Å². The van der Waals surface area contributed by atoms with Crippen LogP contribution < -0.4 is 15.4 Å². The molecule has 22 heavy (non-hydrogen) atoms. The molecule has 0 fully saturated rings. The summed E-state index contributed by atoms with van der Waals surface area (Å²) in [5, 5.41) is 15.5. The Hall–Kier alpha value is -2.18. The van der Waals surface area contributed by atoms with E-state index in [9.17, 15) is 9.90 Å². The van der Waals surface area contributed by atoms with E-state index in [0.717, 1.165) is 0 Å². The number of urea groups is 1. The fourth-order valence-electron chi connectivity index (χ4n) is 1.81. The summed E-state index contributed by atoms with van der Waals surface area (Å²) in [6.07, 6.45) is 0.554. The molecule has 2 rings (SSSR count). The Balaban J connectivity index is 1.92. The Morgan fingerprint density at radius 1 is 1.45 bits per heavy atom. The first-order valence-electron chi connectivity index (χ1n) is 6.78. The Morgan fingerprint density at radius 3 is 2.95 bits per heavy atom. The molecule has 0 bridgehead atoms. The average Bonchev–Trinajstić information content (AvgIpc) is 3.02. The van der Waals surface area contributed by atoms with E-state index in [0.29, 0.717) is 28.8 Å². The van der Waals surface area contributed by atoms with E-state index in [1.54, 1.807) is 30.3 Å². The first kappa shape index (κ1) is 16.2. The predicted molar refractivity (Wildman–Crippen MR) is 83.3 cm³/mol. The third kappa shape index (κ3) is 4.41. The number of amides is 2. The molecule has 0 aliphatic heterocycles. The standard InChI is InChI=1S/C15H17ClN2O4/c1-2-21-14-8-10(16)5-6-11(14)18-15(20)17-9-12(19)13-4-3-7-22-13/h3-8,12,19H,2,9H2,1H3,(H2,17,18,20). The Bertz CT molecular complexity index is 616. The number of nitrogens with one attached hydrogen (secondary N) is 2. The largest absolute Gasteiger partial charge is 0.492 e. The molecule has 1 aromatic heterocycles. The lowest BCUT2D eigenvalue weighted by Crippen LogP contribution is -2.32. The zero-order valence-corrected chi connectivity index (χ0v) is 12.8. The third-order valence-corrected chi connectivity index (χ3v) is 3.05. The second-order valence-electron chi connectivity index (χ2n) is 4.44. The van der Waals surface area contributed by atoms with Gasteiger partial charge in [0.15, 0.2) is 0 Å². The highest BCUT2D eigenvalue weighted by atomic mass is 35.5. The van der Waals surface area contributed by atoms with Crippen molar-refractivity contribution in [3.05, 3.63) is 47.4 Å².